The first-order chi connectivity index (χ1) is 13.4. The minimum Gasteiger partial charge on any atom is -0.350 e. The molecule has 2 N–H and O–H groups in total. The van der Waals surface area contributed by atoms with Crippen molar-refractivity contribution in [1.29, 1.82) is 0 Å². The molecule has 1 aromatic carbocycles. The quantitative estimate of drug-likeness (QED) is 0.366. The molecule has 0 saturated heterocycles. The summed E-state index contributed by atoms with van der Waals surface area (Å²) in [5.74, 6) is 2.25. The summed E-state index contributed by atoms with van der Waals surface area (Å²) in [7, 11) is 3.47. The molecule has 0 spiro atoms. The first-order valence-corrected chi connectivity index (χ1v) is 9.68. The number of guanidine groups is 1. The fourth-order valence-electron chi connectivity index (χ4n) is 3.22. The maximum absolute atomic E-state index is 12.0. The molecule has 0 radical (unpaired) electrons. The van der Waals surface area contributed by atoms with Crippen molar-refractivity contribution < 1.29 is 4.79 Å². The summed E-state index contributed by atoms with van der Waals surface area (Å²) < 4.78 is 1.96. The van der Waals surface area contributed by atoms with E-state index in [2.05, 4.69) is 44.8 Å². The van der Waals surface area contributed by atoms with Crippen molar-refractivity contribution in [3.05, 3.63) is 47.5 Å². The second-order valence-electron chi connectivity index (χ2n) is 7.31. The van der Waals surface area contributed by atoms with Gasteiger partial charge in [0.15, 0.2) is 5.96 Å². The van der Waals surface area contributed by atoms with E-state index in [1.807, 2.05) is 29.8 Å². The monoisotopic (exact) mass is 511 g/mol. The first kappa shape index (κ1) is 23.1. The van der Waals surface area contributed by atoms with Crippen molar-refractivity contribution in [1.82, 2.24) is 30.3 Å². The Hall–Kier alpha value is -2.17. The van der Waals surface area contributed by atoms with Gasteiger partial charge in [0.1, 0.15) is 18.2 Å². The third-order valence-corrected chi connectivity index (χ3v) is 4.82. The van der Waals surface area contributed by atoms with Crippen molar-refractivity contribution in [2.45, 2.75) is 45.3 Å². The van der Waals surface area contributed by atoms with Crippen LogP contribution >= 0.6 is 24.0 Å². The SMILES string of the molecule is Cc1nc2n(n1)CCCC2NC(=NCC(=O)N(C)C)NC(C)c1ccccc1.I. The van der Waals surface area contributed by atoms with Crippen LogP contribution in [-0.2, 0) is 11.3 Å². The summed E-state index contributed by atoms with van der Waals surface area (Å²) in [4.78, 5) is 22.7. The smallest absolute Gasteiger partial charge is 0.243 e. The highest BCUT2D eigenvalue weighted by atomic mass is 127. The number of halogens is 1. The first-order valence-electron chi connectivity index (χ1n) is 9.68. The van der Waals surface area contributed by atoms with Gasteiger partial charge in [-0.3, -0.25) is 4.79 Å². The Morgan fingerprint density at radius 3 is 2.76 bits per heavy atom. The molecule has 2 atom stereocenters. The van der Waals surface area contributed by atoms with Crippen molar-refractivity contribution >= 4 is 35.8 Å². The molecule has 1 aliphatic heterocycles. The number of likely N-dealkylation sites (N-methyl/N-ethyl adjacent to an activating group) is 1. The number of fused-ring (bicyclic) bond motifs is 1. The van der Waals surface area contributed by atoms with Gasteiger partial charge >= 0.3 is 0 Å². The van der Waals surface area contributed by atoms with Crippen molar-refractivity contribution in [3.8, 4) is 0 Å². The summed E-state index contributed by atoms with van der Waals surface area (Å²) in [5, 5.41) is 11.3. The topological polar surface area (TPSA) is 87.4 Å². The van der Waals surface area contributed by atoms with E-state index >= 15 is 0 Å². The van der Waals surface area contributed by atoms with Crippen LogP contribution < -0.4 is 10.6 Å². The number of aliphatic imine (C=N–C) groups is 1. The van der Waals surface area contributed by atoms with Gasteiger partial charge in [-0.1, -0.05) is 30.3 Å². The van der Waals surface area contributed by atoms with Gasteiger partial charge in [-0.25, -0.2) is 14.7 Å². The number of hydrogen-bond donors (Lipinski definition) is 2. The Balaban J connectivity index is 0.00000300. The van der Waals surface area contributed by atoms with Gasteiger partial charge in [-0.05, 0) is 32.3 Å². The van der Waals surface area contributed by atoms with E-state index in [4.69, 9.17) is 0 Å². The lowest BCUT2D eigenvalue weighted by Gasteiger charge is -2.26. The maximum Gasteiger partial charge on any atom is 0.243 e. The summed E-state index contributed by atoms with van der Waals surface area (Å²) >= 11 is 0. The fourth-order valence-corrected chi connectivity index (χ4v) is 3.22. The maximum atomic E-state index is 12.0. The molecule has 0 aliphatic carbocycles. The fraction of sp³-hybridized carbons (Fsp3) is 0.500. The van der Waals surface area contributed by atoms with E-state index in [0.717, 1.165) is 36.6 Å². The van der Waals surface area contributed by atoms with Crippen molar-refractivity contribution in [2.75, 3.05) is 20.6 Å². The Morgan fingerprint density at radius 2 is 2.07 bits per heavy atom. The van der Waals surface area contributed by atoms with Crippen LogP contribution in [0.4, 0.5) is 0 Å². The number of nitrogens with one attached hydrogen (secondary N) is 2. The highest BCUT2D eigenvalue weighted by molar-refractivity contribution is 14.0. The Morgan fingerprint density at radius 1 is 1.34 bits per heavy atom. The number of nitrogens with zero attached hydrogens (tertiary/aromatic N) is 5. The molecule has 0 saturated carbocycles. The zero-order chi connectivity index (χ0) is 20.1. The number of benzene rings is 1. The number of carbonyl (C=O) groups excluding carboxylic acids is 1. The molecule has 0 fully saturated rings. The number of rotatable bonds is 5. The number of aromatic nitrogens is 3. The molecule has 29 heavy (non-hydrogen) atoms. The van der Waals surface area contributed by atoms with Crippen molar-refractivity contribution in [3.63, 3.8) is 0 Å². The van der Waals surface area contributed by atoms with E-state index in [-0.39, 0.29) is 48.5 Å². The van der Waals surface area contributed by atoms with Gasteiger partial charge in [0.2, 0.25) is 5.91 Å². The summed E-state index contributed by atoms with van der Waals surface area (Å²) in [5.41, 5.74) is 1.15. The lowest BCUT2D eigenvalue weighted by molar-refractivity contribution is -0.127. The molecule has 9 heteroatoms. The standard InChI is InChI=1S/C20H29N7O.HI/c1-14(16-9-6-5-7-10-16)22-20(21-13-18(28)26(3)4)24-17-11-8-12-27-19(17)23-15(2)25-27;/h5-7,9-10,14,17H,8,11-13H2,1-4H3,(H2,21,22,24);1H. The normalized spacial score (nSPS) is 17.0. The van der Waals surface area contributed by atoms with Crippen LogP contribution in [-0.4, -0.2) is 52.2 Å². The third kappa shape index (κ3) is 6.15. The number of carbonyl (C=O) groups is 1. The van der Waals surface area contributed by atoms with Gasteiger partial charge in [-0.15, -0.1) is 24.0 Å². The minimum absolute atomic E-state index is 0. The summed E-state index contributed by atoms with van der Waals surface area (Å²) in [6.45, 7) is 4.95. The molecule has 8 nitrogen and oxygen atoms in total. The predicted molar refractivity (Wildman–Crippen MR) is 124 cm³/mol. The number of amides is 1. The highest BCUT2D eigenvalue weighted by Gasteiger charge is 2.25. The number of hydrogen-bond acceptors (Lipinski definition) is 4. The second kappa shape index (κ2) is 10.6. The average molecular weight is 511 g/mol. The van der Waals surface area contributed by atoms with Crippen molar-refractivity contribution in [2.24, 2.45) is 4.99 Å². The van der Waals surface area contributed by atoms with E-state index in [1.54, 1.807) is 19.0 Å². The van der Waals surface area contributed by atoms with Crippen LogP contribution in [0.25, 0.3) is 0 Å². The molecule has 2 unspecified atom stereocenters. The molecule has 2 aromatic rings. The van der Waals surface area contributed by atoms with Crippen LogP contribution in [0.3, 0.4) is 0 Å². The molecule has 3 rings (SSSR count). The molecule has 1 aromatic heterocycles. The predicted octanol–water partition coefficient (Wildman–Crippen LogP) is 2.42. The molecular formula is C20H30IN7O. The van der Waals surface area contributed by atoms with Gasteiger partial charge in [0.25, 0.3) is 0 Å². The average Bonchev–Trinajstić information content (AvgIpc) is 3.07. The van der Waals surface area contributed by atoms with Gasteiger partial charge in [0, 0.05) is 20.6 Å². The molecule has 0 bridgehead atoms. The van der Waals surface area contributed by atoms with Crippen LogP contribution in [0.15, 0.2) is 35.3 Å². The zero-order valence-electron chi connectivity index (χ0n) is 17.4. The van der Waals surface area contributed by atoms with E-state index < -0.39 is 0 Å². The second-order valence-corrected chi connectivity index (χ2v) is 7.31. The van der Waals surface area contributed by atoms with Crippen LogP contribution in [0, 0.1) is 6.92 Å². The lowest BCUT2D eigenvalue weighted by atomic mass is 10.1. The molecule has 1 amide bonds. The van der Waals surface area contributed by atoms with Gasteiger partial charge < -0.3 is 15.5 Å². The highest BCUT2D eigenvalue weighted by Crippen LogP contribution is 2.23. The summed E-state index contributed by atoms with van der Waals surface area (Å²) in [6.07, 6.45) is 1.96. The van der Waals surface area contributed by atoms with Crippen LogP contribution in [0.2, 0.25) is 0 Å². The zero-order valence-corrected chi connectivity index (χ0v) is 19.8. The minimum atomic E-state index is -0.0453. The Kier molecular flexibility index (Phi) is 8.42. The van der Waals surface area contributed by atoms with Gasteiger partial charge in [0.05, 0.1) is 12.1 Å². The summed E-state index contributed by atoms with van der Waals surface area (Å²) in [6, 6.07) is 10.2. The third-order valence-electron chi connectivity index (χ3n) is 4.82. The van der Waals surface area contributed by atoms with Gasteiger partial charge in [-0.2, -0.15) is 5.10 Å². The molecule has 158 valence electrons. The van der Waals surface area contributed by atoms with E-state index in [0.29, 0.717) is 5.96 Å². The molecule has 1 aliphatic rings. The van der Waals surface area contributed by atoms with E-state index in [9.17, 15) is 4.79 Å². The van der Waals surface area contributed by atoms with E-state index in [1.165, 1.54) is 0 Å². The van der Waals surface area contributed by atoms with Crippen LogP contribution in [0.5, 0.6) is 0 Å². The number of aryl methyl sites for hydroxylation is 2. The Bertz CT molecular complexity index is 835. The Labute approximate surface area is 189 Å². The lowest BCUT2D eigenvalue weighted by Crippen LogP contribution is -2.43. The van der Waals surface area contributed by atoms with Crippen LogP contribution in [0.1, 0.15) is 49.1 Å². The molecule has 2 heterocycles. The largest absolute Gasteiger partial charge is 0.350 e. The molecular weight excluding hydrogens is 481 g/mol.